The van der Waals surface area contributed by atoms with Crippen LogP contribution in [-0.2, 0) is 17.8 Å². The van der Waals surface area contributed by atoms with Crippen LogP contribution < -0.4 is 11.2 Å². The highest BCUT2D eigenvalue weighted by Crippen LogP contribution is 2.36. The molecule has 190 valence electrons. The van der Waals surface area contributed by atoms with E-state index in [0.717, 1.165) is 39.6 Å². The number of benzene rings is 2. The van der Waals surface area contributed by atoms with Gasteiger partial charge in [-0.2, -0.15) is 0 Å². The molecule has 7 nitrogen and oxygen atoms in total. The fourth-order valence-corrected chi connectivity index (χ4v) is 6.32. The monoisotopic (exact) mass is 506 g/mol. The maximum atomic E-state index is 13.5. The molecule has 0 saturated carbocycles. The van der Waals surface area contributed by atoms with Crippen LogP contribution in [-0.4, -0.2) is 28.5 Å². The average Bonchev–Trinajstić information content (AvgIpc) is 3.34. The largest absolute Gasteiger partial charge is 0.464 e. The fraction of sp³-hybridized carbons (Fsp3) is 0.258. The Kier molecular flexibility index (Phi) is 5.15. The third-order valence-electron chi connectivity index (χ3n) is 8.23. The average molecular weight is 507 g/mol. The first kappa shape index (κ1) is 22.8. The molecule has 0 radical (unpaired) electrons. The first-order chi connectivity index (χ1) is 18.5. The Labute approximate surface area is 217 Å². The number of carbonyl (C=O) groups excluding carboxylic acids is 1. The minimum atomic E-state index is -0.494. The lowest BCUT2D eigenvalue weighted by atomic mass is 9.83. The van der Waals surface area contributed by atoms with E-state index in [0.29, 0.717) is 36.4 Å². The van der Waals surface area contributed by atoms with Crippen molar-refractivity contribution >= 4 is 27.8 Å². The van der Waals surface area contributed by atoms with Gasteiger partial charge in [0.15, 0.2) is 0 Å². The molecule has 1 amide bonds. The standard InChI is InChI=1S/C31H26N2O5/c1-18-22-11-24-25(20-6-3-2-4-7-20)17-37-27(24)13-28(22)38-31(36)23(18)12-30(35)32-14-19-10-21(16-32)26-8-5-9-29(34)33(26)15-19/h2-9,11,13,17,19,21H,10,12,14-16H2,1H3/t19-,21-/m0/s1. The molecule has 2 aliphatic rings. The Bertz CT molecular complexity index is 1850. The Morgan fingerprint density at radius 1 is 0.947 bits per heavy atom. The molecule has 38 heavy (non-hydrogen) atoms. The summed E-state index contributed by atoms with van der Waals surface area (Å²) in [5, 5.41) is 1.72. The molecule has 7 heteroatoms. The zero-order valence-corrected chi connectivity index (χ0v) is 21.0. The molecule has 0 spiro atoms. The smallest absolute Gasteiger partial charge is 0.340 e. The lowest BCUT2D eigenvalue weighted by molar-refractivity contribution is -0.133. The van der Waals surface area contributed by atoms with Crippen LogP contribution in [0.4, 0.5) is 0 Å². The van der Waals surface area contributed by atoms with Gasteiger partial charge < -0.3 is 18.3 Å². The number of nitrogens with zero attached hydrogens (tertiary/aromatic N) is 2. The Balaban J connectivity index is 1.22. The van der Waals surface area contributed by atoms with E-state index < -0.39 is 5.63 Å². The molecule has 0 unspecified atom stereocenters. The van der Waals surface area contributed by atoms with Crippen LogP contribution in [0, 0.1) is 12.8 Å². The SMILES string of the molecule is Cc1c(CC(=O)N2C[C@@H]3C[C@@H](C2)c2cccc(=O)n2C3)c(=O)oc2cc3occ(-c4ccccc4)c3cc12. The van der Waals surface area contributed by atoms with Crippen LogP contribution in [0.25, 0.3) is 33.1 Å². The summed E-state index contributed by atoms with van der Waals surface area (Å²) in [5.74, 6) is 0.265. The van der Waals surface area contributed by atoms with Crippen molar-refractivity contribution in [1.29, 1.82) is 0 Å². The van der Waals surface area contributed by atoms with E-state index in [2.05, 4.69) is 0 Å². The second-order valence-electron chi connectivity index (χ2n) is 10.5. The quantitative estimate of drug-likeness (QED) is 0.326. The minimum Gasteiger partial charge on any atom is -0.464 e. The highest BCUT2D eigenvalue weighted by Gasteiger charge is 2.36. The molecular weight excluding hydrogens is 480 g/mol. The molecule has 2 atom stereocenters. The minimum absolute atomic E-state index is 0.0138. The predicted molar refractivity (Wildman–Crippen MR) is 144 cm³/mol. The third kappa shape index (κ3) is 3.61. The van der Waals surface area contributed by atoms with Crippen LogP contribution in [0.1, 0.15) is 29.2 Å². The van der Waals surface area contributed by atoms with Gasteiger partial charge in [0.2, 0.25) is 5.91 Å². The van der Waals surface area contributed by atoms with Crippen molar-refractivity contribution in [1.82, 2.24) is 9.47 Å². The molecule has 2 aromatic carbocycles. The van der Waals surface area contributed by atoms with Gasteiger partial charge in [0.25, 0.3) is 5.56 Å². The zero-order chi connectivity index (χ0) is 26.0. The fourth-order valence-electron chi connectivity index (χ4n) is 6.32. The second-order valence-corrected chi connectivity index (χ2v) is 10.5. The lowest BCUT2D eigenvalue weighted by Gasteiger charge is -2.42. The second kappa shape index (κ2) is 8.58. The lowest BCUT2D eigenvalue weighted by Crippen LogP contribution is -2.49. The van der Waals surface area contributed by atoms with Gasteiger partial charge in [0, 0.05) is 59.7 Å². The Hall–Kier alpha value is -4.39. The van der Waals surface area contributed by atoms with Gasteiger partial charge in [0.1, 0.15) is 11.2 Å². The van der Waals surface area contributed by atoms with Gasteiger partial charge in [-0.15, -0.1) is 0 Å². The number of aromatic nitrogens is 1. The van der Waals surface area contributed by atoms with Crippen molar-refractivity contribution in [3.05, 3.63) is 105 Å². The van der Waals surface area contributed by atoms with Crippen molar-refractivity contribution in [3.8, 4) is 11.1 Å². The number of furan rings is 1. The van der Waals surface area contributed by atoms with Gasteiger partial charge in [-0.25, -0.2) is 4.79 Å². The number of fused-ring (bicyclic) bond motifs is 6. The van der Waals surface area contributed by atoms with E-state index >= 15 is 0 Å². The first-order valence-electron chi connectivity index (χ1n) is 13.0. The van der Waals surface area contributed by atoms with Gasteiger partial charge >= 0.3 is 5.63 Å². The first-order valence-corrected chi connectivity index (χ1v) is 13.0. The number of hydrogen-bond acceptors (Lipinski definition) is 5. The number of rotatable bonds is 3. The molecule has 1 saturated heterocycles. The van der Waals surface area contributed by atoms with Crippen molar-refractivity contribution in [2.75, 3.05) is 13.1 Å². The molecule has 1 fully saturated rings. The van der Waals surface area contributed by atoms with Crippen LogP contribution in [0.15, 0.2) is 85.4 Å². The molecule has 0 aliphatic carbocycles. The van der Waals surface area contributed by atoms with E-state index in [4.69, 9.17) is 8.83 Å². The molecule has 7 rings (SSSR count). The number of hydrogen-bond donors (Lipinski definition) is 0. The summed E-state index contributed by atoms with van der Waals surface area (Å²) in [4.78, 5) is 40.7. The predicted octanol–water partition coefficient (Wildman–Crippen LogP) is 4.86. The maximum absolute atomic E-state index is 13.5. The van der Waals surface area contributed by atoms with Crippen LogP contribution in [0.5, 0.6) is 0 Å². The van der Waals surface area contributed by atoms with Crippen molar-refractivity contribution in [2.24, 2.45) is 5.92 Å². The summed E-state index contributed by atoms with van der Waals surface area (Å²) in [6.45, 7) is 3.64. The Morgan fingerprint density at radius 3 is 2.63 bits per heavy atom. The maximum Gasteiger partial charge on any atom is 0.340 e. The summed E-state index contributed by atoms with van der Waals surface area (Å²) in [6.07, 6.45) is 2.67. The number of pyridine rings is 1. The number of amides is 1. The topological polar surface area (TPSA) is 85.7 Å². The van der Waals surface area contributed by atoms with Gasteiger partial charge in [0.05, 0.1) is 18.2 Å². The molecule has 5 aromatic rings. The number of carbonyl (C=O) groups is 1. The van der Waals surface area contributed by atoms with Gasteiger partial charge in [-0.05, 0) is 42.5 Å². The van der Waals surface area contributed by atoms with Gasteiger partial charge in [-0.3, -0.25) is 9.59 Å². The van der Waals surface area contributed by atoms with Crippen LogP contribution >= 0.6 is 0 Å². The van der Waals surface area contributed by atoms with E-state index in [1.54, 1.807) is 24.5 Å². The normalized spacial score (nSPS) is 18.6. The summed E-state index contributed by atoms with van der Waals surface area (Å²) in [7, 11) is 0. The molecule has 5 heterocycles. The van der Waals surface area contributed by atoms with Crippen molar-refractivity contribution < 1.29 is 13.6 Å². The van der Waals surface area contributed by atoms with E-state index in [9.17, 15) is 14.4 Å². The third-order valence-corrected chi connectivity index (χ3v) is 8.23. The highest BCUT2D eigenvalue weighted by molar-refractivity contribution is 6.02. The van der Waals surface area contributed by atoms with Crippen molar-refractivity contribution in [3.63, 3.8) is 0 Å². The summed E-state index contributed by atoms with van der Waals surface area (Å²) >= 11 is 0. The van der Waals surface area contributed by atoms with Crippen molar-refractivity contribution in [2.45, 2.75) is 32.2 Å². The summed E-state index contributed by atoms with van der Waals surface area (Å²) in [5.41, 5.74) is 4.74. The molecular formula is C31H26N2O5. The Morgan fingerprint density at radius 2 is 1.79 bits per heavy atom. The molecule has 2 bridgehead atoms. The number of likely N-dealkylation sites (tertiary alicyclic amines) is 1. The summed E-state index contributed by atoms with van der Waals surface area (Å²) in [6, 6.07) is 19.1. The molecule has 3 aromatic heterocycles. The van der Waals surface area contributed by atoms with Crippen LogP contribution in [0.3, 0.4) is 0 Å². The van der Waals surface area contributed by atoms with E-state index in [-0.39, 0.29) is 29.7 Å². The highest BCUT2D eigenvalue weighted by atomic mass is 16.4. The number of aryl methyl sites for hydroxylation is 1. The van der Waals surface area contributed by atoms with Crippen LogP contribution in [0.2, 0.25) is 0 Å². The van der Waals surface area contributed by atoms with E-state index in [1.165, 1.54) is 0 Å². The number of piperidine rings is 1. The zero-order valence-electron chi connectivity index (χ0n) is 21.0. The molecule has 0 N–H and O–H groups in total. The van der Waals surface area contributed by atoms with Gasteiger partial charge in [-0.1, -0.05) is 36.4 Å². The summed E-state index contributed by atoms with van der Waals surface area (Å²) < 4.78 is 13.3. The van der Waals surface area contributed by atoms with E-state index in [1.807, 2.05) is 58.9 Å². The molecule has 2 aliphatic heterocycles.